The van der Waals surface area contributed by atoms with Gasteiger partial charge >= 0.3 is 0 Å². The summed E-state index contributed by atoms with van der Waals surface area (Å²) < 4.78 is 1.76. The third-order valence-electron chi connectivity index (χ3n) is 3.96. The average molecular weight is 338 g/mol. The third-order valence-corrected chi connectivity index (χ3v) is 4.51. The molecule has 116 valence electrons. The predicted octanol–water partition coefficient (Wildman–Crippen LogP) is 3.12. The van der Waals surface area contributed by atoms with Crippen LogP contribution in [0.1, 0.15) is 22.1 Å². The second-order valence-corrected chi connectivity index (χ2v) is 6.24. The minimum absolute atomic E-state index is 0.0270. The van der Waals surface area contributed by atoms with Crippen LogP contribution < -0.4 is 5.32 Å². The van der Waals surface area contributed by atoms with E-state index in [9.17, 15) is 4.79 Å². The van der Waals surface area contributed by atoms with Crippen molar-refractivity contribution in [1.82, 2.24) is 14.8 Å². The van der Waals surface area contributed by atoms with Crippen molar-refractivity contribution in [2.45, 2.75) is 6.04 Å². The van der Waals surface area contributed by atoms with Crippen LogP contribution >= 0.6 is 23.2 Å². The standard InChI is InChI=1S/C16H17Cl2N3O/c1-20-10-11(17)8-14(20)16(22)21-7-6-19-9-15(21)12-4-2-3-5-13(12)18/h2-5,8,10,15,19H,6-7,9H2,1H3. The monoisotopic (exact) mass is 337 g/mol. The van der Waals surface area contributed by atoms with Crippen molar-refractivity contribution in [2.75, 3.05) is 19.6 Å². The van der Waals surface area contributed by atoms with Gasteiger partial charge in [0.15, 0.2) is 0 Å². The number of nitrogens with zero attached hydrogens (tertiary/aromatic N) is 2. The number of nitrogens with one attached hydrogen (secondary N) is 1. The van der Waals surface area contributed by atoms with E-state index < -0.39 is 0 Å². The summed E-state index contributed by atoms with van der Waals surface area (Å²) in [6.07, 6.45) is 1.74. The van der Waals surface area contributed by atoms with E-state index in [4.69, 9.17) is 23.2 Å². The van der Waals surface area contributed by atoms with Gasteiger partial charge < -0.3 is 14.8 Å². The highest BCUT2D eigenvalue weighted by atomic mass is 35.5. The van der Waals surface area contributed by atoms with Gasteiger partial charge in [0, 0.05) is 37.9 Å². The number of benzene rings is 1. The van der Waals surface area contributed by atoms with Crippen molar-refractivity contribution < 1.29 is 4.79 Å². The van der Waals surface area contributed by atoms with E-state index in [1.807, 2.05) is 36.2 Å². The molecule has 0 spiro atoms. The van der Waals surface area contributed by atoms with Crippen LogP contribution in [0.4, 0.5) is 0 Å². The van der Waals surface area contributed by atoms with Gasteiger partial charge in [-0.1, -0.05) is 41.4 Å². The Morgan fingerprint density at radius 1 is 1.32 bits per heavy atom. The Bertz CT molecular complexity index is 698. The summed E-state index contributed by atoms with van der Waals surface area (Å²) in [5, 5.41) is 4.58. The molecule has 0 saturated carbocycles. The molecule has 6 heteroatoms. The van der Waals surface area contributed by atoms with Gasteiger partial charge in [0.2, 0.25) is 0 Å². The number of aromatic nitrogens is 1. The summed E-state index contributed by atoms with van der Waals surface area (Å²) in [6, 6.07) is 9.29. The van der Waals surface area contributed by atoms with Gasteiger partial charge in [0.25, 0.3) is 5.91 Å². The molecular weight excluding hydrogens is 321 g/mol. The number of carbonyl (C=O) groups excluding carboxylic acids is 1. The van der Waals surface area contributed by atoms with E-state index in [0.717, 1.165) is 12.1 Å². The first-order valence-corrected chi connectivity index (χ1v) is 7.91. The van der Waals surface area contributed by atoms with Crippen molar-refractivity contribution in [1.29, 1.82) is 0 Å². The molecule has 4 nitrogen and oxygen atoms in total. The van der Waals surface area contributed by atoms with E-state index in [1.54, 1.807) is 16.8 Å². The van der Waals surface area contributed by atoms with Gasteiger partial charge in [0.05, 0.1) is 11.1 Å². The molecule has 0 radical (unpaired) electrons. The maximum Gasteiger partial charge on any atom is 0.271 e. The maximum atomic E-state index is 12.9. The highest BCUT2D eigenvalue weighted by Gasteiger charge is 2.30. The lowest BCUT2D eigenvalue weighted by Crippen LogP contribution is -2.49. The van der Waals surface area contributed by atoms with Crippen molar-refractivity contribution >= 4 is 29.1 Å². The first-order valence-electron chi connectivity index (χ1n) is 7.16. The second kappa shape index (κ2) is 6.32. The molecule has 1 N–H and O–H groups in total. The smallest absolute Gasteiger partial charge is 0.271 e. The summed E-state index contributed by atoms with van der Waals surface area (Å²) in [6.45, 7) is 2.09. The summed E-state index contributed by atoms with van der Waals surface area (Å²) in [5.74, 6) is -0.0270. The van der Waals surface area contributed by atoms with Crippen LogP contribution in [0.2, 0.25) is 10.0 Å². The van der Waals surface area contributed by atoms with E-state index in [2.05, 4.69) is 5.32 Å². The van der Waals surface area contributed by atoms with E-state index in [0.29, 0.717) is 28.8 Å². The van der Waals surface area contributed by atoms with Gasteiger partial charge in [-0.2, -0.15) is 0 Å². The zero-order valence-corrected chi connectivity index (χ0v) is 13.7. The molecule has 0 aliphatic carbocycles. The van der Waals surface area contributed by atoms with Gasteiger partial charge in [-0.25, -0.2) is 0 Å². The van der Waals surface area contributed by atoms with Crippen LogP contribution in [0.3, 0.4) is 0 Å². The van der Waals surface area contributed by atoms with Gasteiger partial charge in [-0.05, 0) is 17.7 Å². The maximum absolute atomic E-state index is 12.9. The molecule has 1 saturated heterocycles. The molecule has 1 aromatic heterocycles. The molecule has 1 unspecified atom stereocenters. The molecule has 1 amide bonds. The summed E-state index contributed by atoms with van der Waals surface area (Å²) in [7, 11) is 1.83. The molecule has 1 fully saturated rings. The number of carbonyl (C=O) groups is 1. The molecule has 0 bridgehead atoms. The Balaban J connectivity index is 1.95. The number of hydrogen-bond acceptors (Lipinski definition) is 2. The van der Waals surface area contributed by atoms with Gasteiger partial charge in [0.1, 0.15) is 5.69 Å². The number of rotatable bonds is 2. The normalized spacial score (nSPS) is 18.5. The second-order valence-electron chi connectivity index (χ2n) is 5.39. The lowest BCUT2D eigenvalue weighted by molar-refractivity contribution is 0.0624. The Labute approximate surface area is 139 Å². The quantitative estimate of drug-likeness (QED) is 0.914. The molecule has 1 aliphatic rings. The van der Waals surface area contributed by atoms with Crippen LogP contribution in [-0.4, -0.2) is 35.0 Å². The minimum atomic E-state index is -0.0800. The van der Waals surface area contributed by atoms with E-state index >= 15 is 0 Å². The average Bonchev–Trinajstić information content (AvgIpc) is 2.86. The first kappa shape index (κ1) is 15.4. The zero-order chi connectivity index (χ0) is 15.7. The fourth-order valence-corrected chi connectivity index (χ4v) is 3.37. The Hall–Kier alpha value is -1.49. The van der Waals surface area contributed by atoms with E-state index in [-0.39, 0.29) is 11.9 Å². The number of amides is 1. The highest BCUT2D eigenvalue weighted by Crippen LogP contribution is 2.30. The van der Waals surface area contributed by atoms with Crippen LogP contribution in [0.5, 0.6) is 0 Å². The third kappa shape index (κ3) is 2.86. The van der Waals surface area contributed by atoms with Crippen molar-refractivity contribution in [3.05, 3.63) is 57.8 Å². The first-order chi connectivity index (χ1) is 10.6. The van der Waals surface area contributed by atoms with Crippen LogP contribution in [-0.2, 0) is 7.05 Å². The summed E-state index contributed by atoms with van der Waals surface area (Å²) in [4.78, 5) is 14.8. The van der Waals surface area contributed by atoms with Crippen molar-refractivity contribution in [3.63, 3.8) is 0 Å². The van der Waals surface area contributed by atoms with Crippen LogP contribution in [0, 0.1) is 0 Å². The number of piperazine rings is 1. The molecular formula is C16H17Cl2N3O. The molecule has 2 aromatic rings. The molecule has 1 aliphatic heterocycles. The highest BCUT2D eigenvalue weighted by molar-refractivity contribution is 6.31. The minimum Gasteiger partial charge on any atom is -0.345 e. The van der Waals surface area contributed by atoms with Gasteiger partial charge in [-0.15, -0.1) is 0 Å². The van der Waals surface area contributed by atoms with Crippen LogP contribution in [0.25, 0.3) is 0 Å². The molecule has 1 atom stereocenters. The SMILES string of the molecule is Cn1cc(Cl)cc1C(=O)N1CCNCC1c1ccccc1Cl. The predicted molar refractivity (Wildman–Crippen MR) is 88.5 cm³/mol. The van der Waals surface area contributed by atoms with Crippen molar-refractivity contribution in [3.8, 4) is 0 Å². The fraction of sp³-hybridized carbons (Fsp3) is 0.312. The summed E-state index contributed by atoms with van der Waals surface area (Å²) >= 11 is 12.3. The fourth-order valence-electron chi connectivity index (χ4n) is 2.85. The Morgan fingerprint density at radius 2 is 2.09 bits per heavy atom. The van der Waals surface area contributed by atoms with E-state index in [1.165, 1.54) is 0 Å². The molecule has 3 rings (SSSR count). The largest absolute Gasteiger partial charge is 0.345 e. The Morgan fingerprint density at radius 3 is 2.77 bits per heavy atom. The van der Waals surface area contributed by atoms with Crippen LogP contribution in [0.15, 0.2) is 36.5 Å². The molecule has 2 heterocycles. The lowest BCUT2D eigenvalue weighted by atomic mass is 10.0. The number of halogens is 2. The topological polar surface area (TPSA) is 37.3 Å². The number of hydrogen-bond donors (Lipinski definition) is 1. The zero-order valence-electron chi connectivity index (χ0n) is 12.2. The Kier molecular flexibility index (Phi) is 4.43. The molecule has 1 aromatic carbocycles. The lowest BCUT2D eigenvalue weighted by Gasteiger charge is -2.37. The summed E-state index contributed by atoms with van der Waals surface area (Å²) in [5.41, 5.74) is 1.55. The van der Waals surface area contributed by atoms with Crippen molar-refractivity contribution in [2.24, 2.45) is 7.05 Å². The number of aryl methyl sites for hydroxylation is 1. The molecule has 22 heavy (non-hydrogen) atoms. The van der Waals surface area contributed by atoms with Gasteiger partial charge in [-0.3, -0.25) is 4.79 Å².